The molecule has 2 aromatic carbocycles. The van der Waals surface area contributed by atoms with Gasteiger partial charge in [0.25, 0.3) is 5.91 Å². The van der Waals surface area contributed by atoms with E-state index in [1.165, 1.54) is 0 Å². The van der Waals surface area contributed by atoms with E-state index in [1.54, 1.807) is 25.3 Å². The molecule has 5 nitrogen and oxygen atoms in total. The Hall–Kier alpha value is -2.82. The molecule has 5 heteroatoms. The van der Waals surface area contributed by atoms with Crippen LogP contribution in [0.3, 0.4) is 0 Å². The number of para-hydroxylation sites is 1. The fraction of sp³-hybridized carbons (Fsp3) is 0.333. The van der Waals surface area contributed by atoms with Crippen LogP contribution >= 0.6 is 0 Å². The van der Waals surface area contributed by atoms with Crippen molar-refractivity contribution in [3.63, 3.8) is 0 Å². The Kier molecular flexibility index (Phi) is 6.78. The third kappa shape index (κ3) is 5.34. The summed E-state index contributed by atoms with van der Waals surface area (Å²) in [6.07, 6.45) is 0.0894. The van der Waals surface area contributed by atoms with Gasteiger partial charge in [-0.05, 0) is 41.7 Å². The lowest BCUT2D eigenvalue weighted by Gasteiger charge is -2.16. The van der Waals surface area contributed by atoms with Crippen molar-refractivity contribution in [2.24, 2.45) is 0 Å². The van der Waals surface area contributed by atoms with E-state index in [9.17, 15) is 9.59 Å². The molecule has 0 aliphatic heterocycles. The van der Waals surface area contributed by atoms with Gasteiger partial charge in [-0.25, -0.2) is 0 Å². The molecule has 1 amide bonds. The zero-order valence-corrected chi connectivity index (χ0v) is 15.7. The molecule has 0 aliphatic carbocycles. The maximum atomic E-state index is 12.2. The number of amides is 1. The largest absolute Gasteiger partial charge is 0.497 e. The molecule has 1 N–H and O–H groups in total. The molecule has 26 heavy (non-hydrogen) atoms. The first-order chi connectivity index (χ1) is 12.4. The molecular weight excluding hydrogens is 330 g/mol. The number of methoxy groups -OCH3 is 1. The minimum Gasteiger partial charge on any atom is -0.497 e. The predicted molar refractivity (Wildman–Crippen MR) is 102 cm³/mol. The second-order valence-corrected chi connectivity index (χ2v) is 6.43. The quantitative estimate of drug-likeness (QED) is 0.766. The van der Waals surface area contributed by atoms with Gasteiger partial charge in [0.2, 0.25) is 0 Å². The number of anilines is 1. The van der Waals surface area contributed by atoms with Crippen LogP contribution in [0.1, 0.15) is 36.5 Å². The molecule has 0 unspecified atom stereocenters. The number of ether oxygens (including phenoxy) is 2. The van der Waals surface area contributed by atoms with Gasteiger partial charge < -0.3 is 14.8 Å². The number of carbonyl (C=O) groups excluding carboxylic acids is 2. The number of aryl methyl sites for hydroxylation is 1. The van der Waals surface area contributed by atoms with Crippen LogP contribution in [0.5, 0.6) is 5.75 Å². The first-order valence-corrected chi connectivity index (χ1v) is 8.58. The molecule has 0 atom stereocenters. The highest BCUT2D eigenvalue weighted by atomic mass is 16.5. The van der Waals surface area contributed by atoms with Crippen LogP contribution in [-0.4, -0.2) is 25.6 Å². The zero-order chi connectivity index (χ0) is 19.1. The van der Waals surface area contributed by atoms with Crippen LogP contribution in [0.2, 0.25) is 0 Å². The third-order valence-corrected chi connectivity index (χ3v) is 4.04. The summed E-state index contributed by atoms with van der Waals surface area (Å²) >= 11 is 0. The van der Waals surface area contributed by atoms with Crippen LogP contribution in [-0.2, 0) is 20.7 Å². The van der Waals surface area contributed by atoms with Crippen molar-refractivity contribution >= 4 is 17.6 Å². The first kappa shape index (κ1) is 19.5. The van der Waals surface area contributed by atoms with Crippen LogP contribution in [0, 0.1) is 6.92 Å². The Morgan fingerprint density at radius 2 is 1.85 bits per heavy atom. The highest BCUT2D eigenvalue weighted by molar-refractivity contribution is 5.94. The highest BCUT2D eigenvalue weighted by Crippen LogP contribution is 2.27. The summed E-state index contributed by atoms with van der Waals surface area (Å²) in [5.41, 5.74) is 3.60. The molecule has 2 rings (SSSR count). The average molecular weight is 355 g/mol. The van der Waals surface area contributed by atoms with E-state index in [0.29, 0.717) is 5.75 Å². The average Bonchev–Trinajstić information content (AvgIpc) is 2.61. The topological polar surface area (TPSA) is 64.6 Å². The fourth-order valence-electron chi connectivity index (χ4n) is 2.66. The summed E-state index contributed by atoms with van der Waals surface area (Å²) in [4.78, 5) is 24.2. The minimum absolute atomic E-state index is 0.0894. The lowest BCUT2D eigenvalue weighted by atomic mass is 9.98. The second-order valence-electron chi connectivity index (χ2n) is 6.43. The number of esters is 1. The molecule has 0 heterocycles. The van der Waals surface area contributed by atoms with Gasteiger partial charge in [-0.3, -0.25) is 9.59 Å². The second kappa shape index (κ2) is 9.04. The van der Waals surface area contributed by atoms with Gasteiger partial charge in [0.1, 0.15) is 5.75 Å². The van der Waals surface area contributed by atoms with E-state index in [0.717, 1.165) is 22.4 Å². The predicted octanol–water partition coefficient (Wildman–Crippen LogP) is 3.85. The lowest BCUT2D eigenvalue weighted by molar-refractivity contribution is -0.146. The summed E-state index contributed by atoms with van der Waals surface area (Å²) in [5.74, 6) is 0.150. The molecule has 0 saturated carbocycles. The van der Waals surface area contributed by atoms with Crippen LogP contribution in [0.15, 0.2) is 42.5 Å². The maximum Gasteiger partial charge on any atom is 0.310 e. The van der Waals surface area contributed by atoms with E-state index in [2.05, 4.69) is 19.2 Å². The molecule has 0 bridgehead atoms. The highest BCUT2D eigenvalue weighted by Gasteiger charge is 2.14. The van der Waals surface area contributed by atoms with Gasteiger partial charge in [-0.15, -0.1) is 0 Å². The summed E-state index contributed by atoms with van der Waals surface area (Å²) in [6.45, 7) is 5.77. The number of hydrogen-bond donors (Lipinski definition) is 1. The normalized spacial score (nSPS) is 10.5. The van der Waals surface area contributed by atoms with E-state index >= 15 is 0 Å². The summed E-state index contributed by atoms with van der Waals surface area (Å²) in [6, 6.07) is 13.1. The van der Waals surface area contributed by atoms with Crippen molar-refractivity contribution in [3.8, 4) is 5.75 Å². The Bertz CT molecular complexity index is 783. The number of nitrogens with one attached hydrogen (secondary N) is 1. The Labute approximate surface area is 154 Å². The van der Waals surface area contributed by atoms with E-state index < -0.39 is 5.97 Å². The monoisotopic (exact) mass is 355 g/mol. The first-order valence-electron chi connectivity index (χ1n) is 8.58. The van der Waals surface area contributed by atoms with Crippen LogP contribution in [0.4, 0.5) is 5.69 Å². The van der Waals surface area contributed by atoms with Crippen molar-refractivity contribution in [1.82, 2.24) is 0 Å². The minimum atomic E-state index is -0.456. The Balaban J connectivity index is 1.92. The molecule has 0 fully saturated rings. The van der Waals surface area contributed by atoms with Gasteiger partial charge in [0, 0.05) is 5.69 Å². The van der Waals surface area contributed by atoms with E-state index in [-0.39, 0.29) is 24.9 Å². The number of benzene rings is 2. The maximum absolute atomic E-state index is 12.2. The van der Waals surface area contributed by atoms with Crippen LogP contribution in [0.25, 0.3) is 0 Å². The van der Waals surface area contributed by atoms with Crippen molar-refractivity contribution < 1.29 is 19.1 Å². The SMILES string of the molecule is COc1cccc(CC(=O)OCC(=O)Nc2c(C)cccc2C(C)C)c1. The molecule has 138 valence electrons. The smallest absolute Gasteiger partial charge is 0.310 e. The molecule has 0 aromatic heterocycles. The molecular formula is C21H25NO4. The zero-order valence-electron chi connectivity index (χ0n) is 15.7. The molecule has 0 aliphatic rings. The molecule has 0 radical (unpaired) electrons. The summed E-state index contributed by atoms with van der Waals surface area (Å²) in [7, 11) is 1.57. The van der Waals surface area contributed by atoms with Crippen LogP contribution < -0.4 is 10.1 Å². The number of hydrogen-bond acceptors (Lipinski definition) is 4. The van der Waals surface area contributed by atoms with Gasteiger partial charge in [0.05, 0.1) is 13.5 Å². The van der Waals surface area contributed by atoms with Gasteiger partial charge in [-0.2, -0.15) is 0 Å². The fourth-order valence-corrected chi connectivity index (χ4v) is 2.66. The standard InChI is InChI=1S/C21H25NO4/c1-14(2)18-10-5-7-15(3)21(18)22-19(23)13-26-20(24)12-16-8-6-9-17(11-16)25-4/h5-11,14H,12-13H2,1-4H3,(H,22,23). The Morgan fingerprint density at radius 1 is 1.12 bits per heavy atom. The van der Waals surface area contributed by atoms with Gasteiger partial charge in [-0.1, -0.05) is 44.2 Å². The van der Waals surface area contributed by atoms with Crippen molar-refractivity contribution in [1.29, 1.82) is 0 Å². The van der Waals surface area contributed by atoms with Gasteiger partial charge >= 0.3 is 5.97 Å². The third-order valence-electron chi connectivity index (χ3n) is 4.04. The Morgan fingerprint density at radius 3 is 2.54 bits per heavy atom. The van der Waals surface area contributed by atoms with Crippen molar-refractivity contribution in [2.45, 2.75) is 33.1 Å². The van der Waals surface area contributed by atoms with E-state index in [4.69, 9.17) is 9.47 Å². The van der Waals surface area contributed by atoms with Crippen molar-refractivity contribution in [3.05, 3.63) is 59.2 Å². The van der Waals surface area contributed by atoms with E-state index in [1.807, 2.05) is 31.2 Å². The lowest BCUT2D eigenvalue weighted by Crippen LogP contribution is -2.22. The molecule has 0 saturated heterocycles. The molecule has 2 aromatic rings. The number of carbonyl (C=O) groups is 2. The summed E-state index contributed by atoms with van der Waals surface area (Å²) < 4.78 is 10.2. The molecule has 0 spiro atoms. The van der Waals surface area contributed by atoms with Crippen molar-refractivity contribution in [2.75, 3.05) is 19.0 Å². The summed E-state index contributed by atoms with van der Waals surface area (Å²) in [5, 5.41) is 2.86. The van der Waals surface area contributed by atoms with Gasteiger partial charge in [0.15, 0.2) is 6.61 Å². The number of rotatable bonds is 7.